The second kappa shape index (κ2) is 17.7. The molecule has 0 amide bonds. The molecule has 0 fully saturated rings. The summed E-state index contributed by atoms with van der Waals surface area (Å²) >= 11 is 0. The molecule has 1 heterocycles. The zero-order chi connectivity index (χ0) is 31.3. The van der Waals surface area contributed by atoms with Gasteiger partial charge in [0.1, 0.15) is 6.10 Å². The van der Waals surface area contributed by atoms with Crippen molar-refractivity contribution >= 4 is 5.97 Å². The fraction of sp³-hybridized carbons (Fsp3) is 0.645. The fourth-order valence-electron chi connectivity index (χ4n) is 4.85. The number of cyclic esters (lactones) is 1. The van der Waals surface area contributed by atoms with Gasteiger partial charge in [0.25, 0.3) is 0 Å². The number of esters is 1. The van der Waals surface area contributed by atoms with E-state index in [2.05, 4.69) is 6.58 Å². The van der Waals surface area contributed by atoms with Crippen LogP contribution in [0.4, 0.5) is 13.2 Å². The van der Waals surface area contributed by atoms with Gasteiger partial charge in [-0.05, 0) is 25.2 Å². The first-order valence-electron chi connectivity index (χ1n) is 14.1. The lowest BCUT2D eigenvalue weighted by Crippen LogP contribution is -2.37. The molecule has 7 nitrogen and oxygen atoms in total. The fourth-order valence-corrected chi connectivity index (χ4v) is 4.85. The van der Waals surface area contributed by atoms with Gasteiger partial charge in [-0.3, -0.25) is 0 Å². The quantitative estimate of drug-likeness (QED) is 0.188. The number of allylic oxidation sites excluding steroid dienone is 4. The van der Waals surface area contributed by atoms with E-state index in [0.717, 1.165) is 18.2 Å². The van der Waals surface area contributed by atoms with Crippen molar-refractivity contribution in [3.05, 3.63) is 61.3 Å². The van der Waals surface area contributed by atoms with Gasteiger partial charge >= 0.3 is 12.1 Å². The van der Waals surface area contributed by atoms with Gasteiger partial charge in [0.05, 0.1) is 36.4 Å². The lowest BCUT2D eigenvalue weighted by Gasteiger charge is -2.31. The van der Waals surface area contributed by atoms with E-state index in [1.807, 2.05) is 6.92 Å². The first-order chi connectivity index (χ1) is 19.1. The monoisotopic (exact) mass is 588 g/mol. The molecule has 0 radical (unpaired) electrons. The highest BCUT2D eigenvalue weighted by molar-refractivity contribution is 5.82. The summed E-state index contributed by atoms with van der Waals surface area (Å²) in [7, 11) is 0. The van der Waals surface area contributed by atoms with Crippen molar-refractivity contribution in [3.8, 4) is 0 Å². The van der Waals surface area contributed by atoms with Gasteiger partial charge < -0.3 is 30.3 Å². The SMILES string of the molecule is C=C/C=C\[C@H](C)[C@@H]1OC(=O)/C=C\C=C\[C@@H](C(F)(F)F)[C@@H](O)C[C@H](O)/C=C\[C@H](C)[C@H](O)[C@@H](O)C[C@@H](C)CC[C@@H](O)[C@@H]1C. The number of halogens is 3. The van der Waals surface area contributed by atoms with E-state index < -0.39 is 72.9 Å². The van der Waals surface area contributed by atoms with E-state index in [-0.39, 0.29) is 18.3 Å². The van der Waals surface area contributed by atoms with Gasteiger partial charge in [-0.2, -0.15) is 13.2 Å². The van der Waals surface area contributed by atoms with Crippen LogP contribution in [0.2, 0.25) is 0 Å². The molecule has 5 N–H and O–H groups in total. The molecule has 11 atom stereocenters. The zero-order valence-electron chi connectivity index (χ0n) is 24.3. The predicted molar refractivity (Wildman–Crippen MR) is 151 cm³/mol. The standard InChI is InChI=1S/C31H47F3O7/c1-6-7-10-21(4)30-22(5)25(36)16-13-19(2)17-27(38)29(40)20(3)14-15-23(35)18-26(37)24(31(32,33)34)11-8-9-12-28(39)41-30/h6-12,14-15,19-27,29-30,35-38,40H,1,13,16-18H2,2-5H3/b10-7-,11-8+,12-9-,15-14-/t19-,20-,21-,22-,23+,24+,25+,26-,27-,29-,30-/m0/s1. The Kier molecular flexibility index (Phi) is 15.8. The molecule has 0 saturated heterocycles. The summed E-state index contributed by atoms with van der Waals surface area (Å²) in [6.45, 7) is 10.6. The van der Waals surface area contributed by atoms with Crippen molar-refractivity contribution in [1.29, 1.82) is 0 Å². The van der Waals surface area contributed by atoms with E-state index in [0.29, 0.717) is 18.9 Å². The second-order valence-electron chi connectivity index (χ2n) is 11.2. The number of hydrogen-bond donors (Lipinski definition) is 5. The summed E-state index contributed by atoms with van der Waals surface area (Å²) in [6, 6.07) is 0. The van der Waals surface area contributed by atoms with Crippen molar-refractivity contribution in [3.63, 3.8) is 0 Å². The Bertz CT molecular complexity index is 914. The molecule has 0 aromatic carbocycles. The van der Waals surface area contributed by atoms with Crippen LogP contribution >= 0.6 is 0 Å². The zero-order valence-corrected chi connectivity index (χ0v) is 24.3. The normalized spacial score (nSPS) is 39.1. The number of ether oxygens (including phenoxy) is 1. The summed E-state index contributed by atoms with van der Waals surface area (Å²) in [4.78, 5) is 12.6. The Hall–Kier alpha value is -2.24. The third-order valence-corrected chi connectivity index (χ3v) is 7.55. The number of rotatable bonds is 3. The van der Waals surface area contributed by atoms with Crippen LogP contribution in [0.25, 0.3) is 0 Å². The minimum atomic E-state index is -4.82. The Morgan fingerprint density at radius 3 is 2.22 bits per heavy atom. The van der Waals surface area contributed by atoms with E-state index in [9.17, 15) is 43.5 Å². The molecular formula is C31H47F3O7. The number of aliphatic hydroxyl groups excluding tert-OH is 5. The Balaban J connectivity index is 3.34. The molecule has 10 heteroatoms. The summed E-state index contributed by atoms with van der Waals surface area (Å²) in [5, 5.41) is 52.5. The average Bonchev–Trinajstić information content (AvgIpc) is 2.89. The van der Waals surface area contributed by atoms with Crippen molar-refractivity contribution < 1.29 is 48.2 Å². The highest BCUT2D eigenvalue weighted by Gasteiger charge is 2.42. The molecule has 0 saturated carbocycles. The number of hydrogen-bond acceptors (Lipinski definition) is 7. The summed E-state index contributed by atoms with van der Waals surface area (Å²) in [5.41, 5.74) is 0. The lowest BCUT2D eigenvalue weighted by atomic mass is 9.84. The van der Waals surface area contributed by atoms with Crippen LogP contribution in [0, 0.1) is 29.6 Å². The third-order valence-electron chi connectivity index (χ3n) is 7.55. The maximum atomic E-state index is 13.6. The molecule has 1 aliphatic rings. The molecule has 0 aromatic rings. The molecule has 0 unspecified atom stereocenters. The van der Waals surface area contributed by atoms with Gasteiger partial charge in [-0.25, -0.2) is 4.79 Å². The molecule has 0 aliphatic carbocycles. The Morgan fingerprint density at radius 2 is 1.61 bits per heavy atom. The van der Waals surface area contributed by atoms with Crippen molar-refractivity contribution in [2.75, 3.05) is 0 Å². The number of carbonyl (C=O) groups is 1. The summed E-state index contributed by atoms with van der Waals surface area (Å²) in [5.74, 6) is -4.67. The first-order valence-corrected chi connectivity index (χ1v) is 14.1. The first kappa shape index (κ1) is 36.8. The molecule has 234 valence electrons. The van der Waals surface area contributed by atoms with E-state index in [1.165, 1.54) is 12.2 Å². The molecular weight excluding hydrogens is 541 g/mol. The lowest BCUT2D eigenvalue weighted by molar-refractivity contribution is -0.186. The maximum Gasteiger partial charge on any atom is 0.397 e. The molecule has 0 spiro atoms. The summed E-state index contributed by atoms with van der Waals surface area (Å²) in [6.07, 6.45) is -0.427. The summed E-state index contributed by atoms with van der Waals surface area (Å²) < 4.78 is 46.5. The van der Waals surface area contributed by atoms with Crippen LogP contribution in [-0.2, 0) is 9.53 Å². The average molecular weight is 589 g/mol. The third kappa shape index (κ3) is 13.1. The molecule has 41 heavy (non-hydrogen) atoms. The van der Waals surface area contributed by atoms with Crippen LogP contribution in [0.1, 0.15) is 53.4 Å². The highest BCUT2D eigenvalue weighted by Crippen LogP contribution is 2.32. The number of carbonyl (C=O) groups excluding carboxylic acids is 1. The van der Waals surface area contributed by atoms with Crippen molar-refractivity contribution in [2.24, 2.45) is 29.6 Å². The van der Waals surface area contributed by atoms with Crippen LogP contribution in [-0.4, -0.2) is 74.3 Å². The van der Waals surface area contributed by atoms with E-state index in [4.69, 9.17) is 4.74 Å². The largest absolute Gasteiger partial charge is 0.458 e. The van der Waals surface area contributed by atoms with Gasteiger partial charge in [0, 0.05) is 30.3 Å². The topological polar surface area (TPSA) is 127 Å². The maximum absolute atomic E-state index is 13.6. The van der Waals surface area contributed by atoms with Crippen LogP contribution in [0.5, 0.6) is 0 Å². The highest BCUT2D eigenvalue weighted by atomic mass is 19.4. The number of aliphatic hydroxyl groups is 5. The van der Waals surface area contributed by atoms with E-state index in [1.54, 1.807) is 39.0 Å². The molecule has 1 aliphatic heterocycles. The van der Waals surface area contributed by atoms with Gasteiger partial charge in [0.15, 0.2) is 0 Å². The molecule has 1 rings (SSSR count). The Morgan fingerprint density at radius 1 is 0.951 bits per heavy atom. The van der Waals surface area contributed by atoms with Crippen LogP contribution in [0.3, 0.4) is 0 Å². The second-order valence-corrected chi connectivity index (χ2v) is 11.2. The molecule has 0 bridgehead atoms. The predicted octanol–water partition coefficient (Wildman–Crippen LogP) is 4.41. The van der Waals surface area contributed by atoms with Gasteiger partial charge in [-0.1, -0.05) is 82.9 Å². The number of alkyl halides is 3. The van der Waals surface area contributed by atoms with Crippen molar-refractivity contribution in [1.82, 2.24) is 0 Å². The Labute approximate surface area is 241 Å². The minimum absolute atomic E-state index is 0.0793. The minimum Gasteiger partial charge on any atom is -0.458 e. The van der Waals surface area contributed by atoms with Crippen LogP contribution in [0.15, 0.2) is 61.3 Å². The van der Waals surface area contributed by atoms with Crippen molar-refractivity contribution in [2.45, 2.75) is 96.2 Å². The smallest absolute Gasteiger partial charge is 0.397 e. The molecule has 0 aromatic heterocycles. The van der Waals surface area contributed by atoms with Gasteiger partial charge in [0.2, 0.25) is 0 Å². The van der Waals surface area contributed by atoms with Gasteiger partial charge in [-0.15, -0.1) is 0 Å². The van der Waals surface area contributed by atoms with Crippen LogP contribution < -0.4 is 0 Å². The van der Waals surface area contributed by atoms with E-state index >= 15 is 0 Å².